The summed E-state index contributed by atoms with van der Waals surface area (Å²) in [6.07, 6.45) is 4.46. The number of hydrogen-bond acceptors (Lipinski definition) is 4. The molecule has 2 aromatic carbocycles. The van der Waals surface area contributed by atoms with Crippen molar-refractivity contribution in [1.82, 2.24) is 14.7 Å². The van der Waals surface area contributed by atoms with Crippen LogP contribution in [0.2, 0.25) is 0 Å². The molecule has 1 aliphatic heterocycles. The van der Waals surface area contributed by atoms with Gasteiger partial charge in [-0.3, -0.25) is 9.48 Å². The number of aromatic nitrogens is 2. The van der Waals surface area contributed by atoms with Gasteiger partial charge in [-0.05, 0) is 54.4 Å². The zero-order chi connectivity index (χ0) is 20.9. The first kappa shape index (κ1) is 20.1. The summed E-state index contributed by atoms with van der Waals surface area (Å²) < 4.78 is 20.6. The number of benzene rings is 2. The largest absolute Gasteiger partial charge is 0.492 e. The molecule has 2 heterocycles. The number of carbonyl (C=O) groups is 1. The zero-order valence-corrected chi connectivity index (χ0v) is 16.7. The van der Waals surface area contributed by atoms with Crippen LogP contribution in [-0.2, 0) is 6.54 Å². The standard InChI is InChI=1S/C23H25FN4O2/c24-20-6-2-17(3-7-20)19-10-13-27(14-19)23(29)18-4-8-22(9-5-18)30-16-21(25)15-28-12-1-11-26-28/h1-9,11-12,19,21H,10,13-16,25H2. The summed E-state index contributed by atoms with van der Waals surface area (Å²) >= 11 is 0. The highest BCUT2D eigenvalue weighted by atomic mass is 19.1. The lowest BCUT2D eigenvalue weighted by molar-refractivity contribution is 0.0790. The molecule has 2 N–H and O–H groups in total. The third kappa shape index (κ3) is 4.86. The monoisotopic (exact) mass is 408 g/mol. The minimum absolute atomic E-state index is 0.00143. The minimum Gasteiger partial charge on any atom is -0.492 e. The van der Waals surface area contributed by atoms with E-state index in [1.54, 1.807) is 47.3 Å². The second-order valence-electron chi connectivity index (χ2n) is 7.61. The Kier molecular flexibility index (Phi) is 6.09. The molecule has 1 fully saturated rings. The van der Waals surface area contributed by atoms with Crippen molar-refractivity contribution in [2.75, 3.05) is 19.7 Å². The first-order chi connectivity index (χ1) is 14.6. The van der Waals surface area contributed by atoms with E-state index in [9.17, 15) is 9.18 Å². The molecule has 0 bridgehead atoms. The third-order valence-electron chi connectivity index (χ3n) is 5.36. The van der Waals surface area contributed by atoms with Crippen LogP contribution in [0.5, 0.6) is 5.75 Å². The lowest BCUT2D eigenvalue weighted by Gasteiger charge is -2.17. The predicted molar refractivity (Wildman–Crippen MR) is 112 cm³/mol. The lowest BCUT2D eigenvalue weighted by atomic mass is 9.99. The Labute approximate surface area is 175 Å². The maximum absolute atomic E-state index is 13.1. The second-order valence-corrected chi connectivity index (χ2v) is 7.61. The van der Waals surface area contributed by atoms with Gasteiger partial charge in [0.05, 0.1) is 12.6 Å². The van der Waals surface area contributed by atoms with Gasteiger partial charge in [0.15, 0.2) is 0 Å². The van der Waals surface area contributed by atoms with E-state index >= 15 is 0 Å². The number of rotatable bonds is 7. The number of ether oxygens (including phenoxy) is 1. The fraction of sp³-hybridized carbons (Fsp3) is 0.304. The Morgan fingerprint density at radius 3 is 2.67 bits per heavy atom. The molecule has 0 saturated carbocycles. The van der Waals surface area contributed by atoms with Crippen molar-refractivity contribution in [3.05, 3.63) is 83.9 Å². The molecule has 3 aromatic rings. The summed E-state index contributed by atoms with van der Waals surface area (Å²) in [5.74, 6) is 0.678. The molecular weight excluding hydrogens is 383 g/mol. The molecule has 0 radical (unpaired) electrons. The van der Waals surface area contributed by atoms with Gasteiger partial charge < -0.3 is 15.4 Å². The van der Waals surface area contributed by atoms with Gasteiger partial charge in [-0.25, -0.2) is 4.39 Å². The highest BCUT2D eigenvalue weighted by Crippen LogP contribution is 2.28. The average molecular weight is 408 g/mol. The Morgan fingerprint density at radius 1 is 1.20 bits per heavy atom. The van der Waals surface area contributed by atoms with Gasteiger partial charge in [0.1, 0.15) is 18.2 Å². The predicted octanol–water partition coefficient (Wildman–Crippen LogP) is 3.06. The van der Waals surface area contributed by atoms with Crippen molar-refractivity contribution in [2.24, 2.45) is 5.73 Å². The van der Waals surface area contributed by atoms with Gasteiger partial charge in [-0.15, -0.1) is 0 Å². The van der Waals surface area contributed by atoms with Crippen LogP contribution >= 0.6 is 0 Å². The molecular formula is C23H25FN4O2. The first-order valence-electron chi connectivity index (χ1n) is 10.1. The summed E-state index contributed by atoms with van der Waals surface area (Å²) in [5.41, 5.74) is 7.77. The van der Waals surface area contributed by atoms with E-state index in [2.05, 4.69) is 5.10 Å². The number of nitrogens with zero attached hydrogens (tertiary/aromatic N) is 3. The Morgan fingerprint density at radius 2 is 1.97 bits per heavy atom. The smallest absolute Gasteiger partial charge is 0.253 e. The van der Waals surface area contributed by atoms with Gasteiger partial charge in [0, 0.05) is 37.0 Å². The van der Waals surface area contributed by atoms with Crippen LogP contribution in [0.3, 0.4) is 0 Å². The topological polar surface area (TPSA) is 73.4 Å². The second kappa shape index (κ2) is 9.09. The summed E-state index contributed by atoms with van der Waals surface area (Å²) in [4.78, 5) is 14.7. The quantitative estimate of drug-likeness (QED) is 0.652. The van der Waals surface area contributed by atoms with Crippen LogP contribution in [0.25, 0.3) is 0 Å². The molecule has 7 heteroatoms. The fourth-order valence-corrected chi connectivity index (χ4v) is 3.73. The third-order valence-corrected chi connectivity index (χ3v) is 5.36. The molecule has 0 aliphatic carbocycles. The van der Waals surface area contributed by atoms with Gasteiger partial charge in [-0.1, -0.05) is 12.1 Å². The van der Waals surface area contributed by atoms with E-state index in [4.69, 9.17) is 10.5 Å². The number of nitrogens with two attached hydrogens (primary N) is 1. The van der Waals surface area contributed by atoms with E-state index < -0.39 is 0 Å². The highest BCUT2D eigenvalue weighted by Gasteiger charge is 2.28. The van der Waals surface area contributed by atoms with Crippen molar-refractivity contribution in [3.63, 3.8) is 0 Å². The van der Waals surface area contributed by atoms with Crippen molar-refractivity contribution >= 4 is 5.91 Å². The minimum atomic E-state index is -0.241. The van der Waals surface area contributed by atoms with Gasteiger partial charge in [0.25, 0.3) is 5.91 Å². The Hall–Kier alpha value is -3.19. The van der Waals surface area contributed by atoms with Crippen molar-refractivity contribution < 1.29 is 13.9 Å². The first-order valence-corrected chi connectivity index (χ1v) is 10.1. The average Bonchev–Trinajstić information content (AvgIpc) is 3.45. The molecule has 156 valence electrons. The van der Waals surface area contributed by atoms with Crippen LogP contribution < -0.4 is 10.5 Å². The number of halogens is 1. The summed E-state index contributed by atoms with van der Waals surface area (Å²) in [6.45, 7) is 2.28. The van der Waals surface area contributed by atoms with E-state index in [1.165, 1.54) is 12.1 Å². The maximum Gasteiger partial charge on any atom is 0.253 e. The van der Waals surface area contributed by atoms with E-state index in [1.807, 2.05) is 17.2 Å². The summed E-state index contributed by atoms with van der Waals surface area (Å²) in [5, 5.41) is 4.13. The molecule has 1 saturated heterocycles. The highest BCUT2D eigenvalue weighted by molar-refractivity contribution is 5.94. The van der Waals surface area contributed by atoms with Gasteiger partial charge in [-0.2, -0.15) is 5.10 Å². The number of amides is 1. The fourth-order valence-electron chi connectivity index (χ4n) is 3.73. The Balaban J connectivity index is 1.29. The van der Waals surface area contributed by atoms with Crippen molar-refractivity contribution in [2.45, 2.75) is 24.9 Å². The van der Waals surface area contributed by atoms with E-state index in [0.29, 0.717) is 37.6 Å². The molecule has 1 aliphatic rings. The molecule has 1 amide bonds. The van der Waals surface area contributed by atoms with Crippen molar-refractivity contribution in [3.8, 4) is 5.75 Å². The molecule has 6 nitrogen and oxygen atoms in total. The molecule has 4 rings (SSSR count). The Bertz CT molecular complexity index is 958. The molecule has 1 aromatic heterocycles. The zero-order valence-electron chi connectivity index (χ0n) is 16.7. The number of carbonyl (C=O) groups excluding carboxylic acids is 1. The molecule has 2 atom stereocenters. The SMILES string of the molecule is NC(COc1ccc(C(=O)N2CCC(c3ccc(F)cc3)C2)cc1)Cn1cccn1. The number of likely N-dealkylation sites (tertiary alicyclic amines) is 1. The van der Waals surface area contributed by atoms with Crippen LogP contribution in [0.1, 0.15) is 28.3 Å². The normalized spacial score (nSPS) is 17.1. The van der Waals surface area contributed by atoms with Gasteiger partial charge >= 0.3 is 0 Å². The van der Waals surface area contributed by atoms with E-state index in [-0.39, 0.29) is 23.7 Å². The number of hydrogen-bond donors (Lipinski definition) is 1. The summed E-state index contributed by atoms with van der Waals surface area (Å²) in [6, 6.07) is 15.4. The maximum atomic E-state index is 13.1. The van der Waals surface area contributed by atoms with Crippen molar-refractivity contribution in [1.29, 1.82) is 0 Å². The van der Waals surface area contributed by atoms with Crippen LogP contribution in [0.4, 0.5) is 4.39 Å². The molecule has 0 spiro atoms. The van der Waals surface area contributed by atoms with E-state index in [0.717, 1.165) is 12.0 Å². The summed E-state index contributed by atoms with van der Waals surface area (Å²) in [7, 11) is 0. The molecule has 2 unspecified atom stereocenters. The van der Waals surface area contributed by atoms with Gasteiger partial charge in [0.2, 0.25) is 0 Å². The van der Waals surface area contributed by atoms with Crippen LogP contribution in [0, 0.1) is 5.82 Å². The van der Waals surface area contributed by atoms with Crippen LogP contribution in [0.15, 0.2) is 67.0 Å². The molecule has 30 heavy (non-hydrogen) atoms. The lowest BCUT2D eigenvalue weighted by Crippen LogP contribution is -2.32. The van der Waals surface area contributed by atoms with Crippen LogP contribution in [-0.4, -0.2) is 46.3 Å².